The molecule has 2 aliphatic heterocycles. The highest BCUT2D eigenvalue weighted by Gasteiger charge is 2.41. The number of terminal acetylenes is 1. The van der Waals surface area contributed by atoms with Crippen molar-refractivity contribution in [2.24, 2.45) is 5.92 Å². The zero-order valence-corrected chi connectivity index (χ0v) is 13.1. The fraction of sp³-hybridized carbons (Fsp3) is 0.786. The number of rotatable bonds is 5. The number of sulfone groups is 1. The van der Waals surface area contributed by atoms with Gasteiger partial charge < -0.3 is 15.0 Å². The van der Waals surface area contributed by atoms with Gasteiger partial charge in [0.1, 0.15) is 0 Å². The number of hydrogen-bond donors (Lipinski definition) is 1. The Labute approximate surface area is 126 Å². The van der Waals surface area contributed by atoms with E-state index in [1.165, 1.54) is 0 Å². The first-order valence-electron chi connectivity index (χ1n) is 7.24. The lowest BCUT2D eigenvalue weighted by Gasteiger charge is -2.30. The fourth-order valence-corrected chi connectivity index (χ4v) is 4.71. The molecule has 6 nitrogen and oxygen atoms in total. The molecule has 0 aromatic heterocycles. The molecule has 2 rings (SSSR count). The van der Waals surface area contributed by atoms with Gasteiger partial charge in [-0.2, -0.15) is 0 Å². The van der Waals surface area contributed by atoms with E-state index in [0.29, 0.717) is 19.6 Å². The Kier molecular flexibility index (Phi) is 5.25. The molecule has 2 heterocycles. The van der Waals surface area contributed by atoms with Crippen LogP contribution in [0.5, 0.6) is 0 Å². The van der Waals surface area contributed by atoms with E-state index >= 15 is 0 Å². The third-order valence-electron chi connectivity index (χ3n) is 4.06. The number of hydrogen-bond acceptors (Lipinski definition) is 5. The monoisotopic (exact) mass is 314 g/mol. The van der Waals surface area contributed by atoms with Crippen molar-refractivity contribution in [2.75, 3.05) is 37.8 Å². The van der Waals surface area contributed by atoms with Gasteiger partial charge in [-0.15, -0.1) is 6.42 Å². The SMILES string of the molecule is C#CCN(C(=O)C1COCC1NCC)C1CCS(=O)(=O)C1. The second kappa shape index (κ2) is 6.77. The van der Waals surface area contributed by atoms with Gasteiger partial charge in [-0.1, -0.05) is 12.8 Å². The van der Waals surface area contributed by atoms with Crippen molar-refractivity contribution < 1.29 is 17.9 Å². The highest BCUT2D eigenvalue weighted by Crippen LogP contribution is 2.23. The van der Waals surface area contributed by atoms with Gasteiger partial charge in [0.05, 0.1) is 37.2 Å². The van der Waals surface area contributed by atoms with Crippen molar-refractivity contribution in [2.45, 2.75) is 25.4 Å². The molecule has 0 spiro atoms. The van der Waals surface area contributed by atoms with Gasteiger partial charge in [-0.3, -0.25) is 4.79 Å². The first-order chi connectivity index (χ1) is 9.98. The van der Waals surface area contributed by atoms with Crippen molar-refractivity contribution in [3.63, 3.8) is 0 Å². The van der Waals surface area contributed by atoms with Crippen LogP contribution in [0.4, 0.5) is 0 Å². The molecule has 2 aliphatic rings. The Balaban J connectivity index is 2.11. The highest BCUT2D eigenvalue weighted by molar-refractivity contribution is 7.91. The van der Waals surface area contributed by atoms with Crippen LogP contribution >= 0.6 is 0 Å². The summed E-state index contributed by atoms with van der Waals surface area (Å²) in [4.78, 5) is 14.3. The molecular weight excluding hydrogens is 292 g/mol. The second-order valence-corrected chi connectivity index (χ2v) is 7.76. The van der Waals surface area contributed by atoms with E-state index in [-0.39, 0.29) is 42.0 Å². The maximum atomic E-state index is 12.7. The van der Waals surface area contributed by atoms with Gasteiger partial charge in [0.25, 0.3) is 0 Å². The number of carbonyl (C=O) groups excluding carboxylic acids is 1. The van der Waals surface area contributed by atoms with Gasteiger partial charge in [0.2, 0.25) is 5.91 Å². The van der Waals surface area contributed by atoms with Crippen LogP contribution in [0, 0.1) is 18.3 Å². The standard InChI is InChI=1S/C14H22N2O4S/c1-3-6-16(11-5-7-21(18,19)10-11)14(17)12-8-20-9-13(12)15-4-2/h1,11-13,15H,4-10H2,2H3. The minimum atomic E-state index is -3.05. The molecule has 0 saturated carbocycles. The first kappa shape index (κ1) is 16.3. The van der Waals surface area contributed by atoms with Gasteiger partial charge in [0, 0.05) is 12.1 Å². The third kappa shape index (κ3) is 3.76. The molecule has 0 aromatic carbocycles. The Bertz CT molecular complexity index is 526. The molecule has 3 unspecified atom stereocenters. The first-order valence-corrected chi connectivity index (χ1v) is 9.06. The van der Waals surface area contributed by atoms with E-state index in [0.717, 1.165) is 6.54 Å². The Morgan fingerprint density at radius 1 is 1.48 bits per heavy atom. The number of carbonyl (C=O) groups is 1. The summed E-state index contributed by atoms with van der Waals surface area (Å²) in [5, 5.41) is 3.24. The molecule has 7 heteroatoms. The topological polar surface area (TPSA) is 75.7 Å². The van der Waals surface area contributed by atoms with Crippen molar-refractivity contribution in [1.29, 1.82) is 0 Å². The van der Waals surface area contributed by atoms with Gasteiger partial charge >= 0.3 is 0 Å². The van der Waals surface area contributed by atoms with E-state index in [9.17, 15) is 13.2 Å². The Morgan fingerprint density at radius 3 is 2.81 bits per heavy atom. The summed E-state index contributed by atoms with van der Waals surface area (Å²) in [5.74, 6) is 2.23. The summed E-state index contributed by atoms with van der Waals surface area (Å²) < 4.78 is 28.7. The summed E-state index contributed by atoms with van der Waals surface area (Å²) in [5.41, 5.74) is 0. The molecule has 1 N–H and O–H groups in total. The zero-order chi connectivity index (χ0) is 15.5. The summed E-state index contributed by atoms with van der Waals surface area (Å²) in [6.45, 7) is 3.73. The van der Waals surface area contributed by atoms with E-state index in [1.54, 1.807) is 4.90 Å². The molecule has 0 bridgehead atoms. The quantitative estimate of drug-likeness (QED) is 0.677. The highest BCUT2D eigenvalue weighted by atomic mass is 32.2. The molecule has 0 aliphatic carbocycles. The summed E-state index contributed by atoms with van der Waals surface area (Å²) in [6.07, 6.45) is 5.82. The predicted molar refractivity (Wildman–Crippen MR) is 79.4 cm³/mol. The predicted octanol–water partition coefficient (Wildman–Crippen LogP) is -0.740. The third-order valence-corrected chi connectivity index (χ3v) is 5.81. The van der Waals surface area contributed by atoms with Crippen LogP contribution in [-0.2, 0) is 19.4 Å². The molecule has 2 fully saturated rings. The summed E-state index contributed by atoms with van der Waals surface area (Å²) in [6, 6.07) is -0.331. The molecule has 2 saturated heterocycles. The van der Waals surface area contributed by atoms with Gasteiger partial charge in [0.15, 0.2) is 9.84 Å². The lowest BCUT2D eigenvalue weighted by atomic mass is 10.0. The van der Waals surface area contributed by atoms with E-state index in [2.05, 4.69) is 11.2 Å². The molecular formula is C14H22N2O4S. The average molecular weight is 314 g/mol. The number of nitrogens with zero attached hydrogens (tertiary/aromatic N) is 1. The number of amides is 1. The van der Waals surface area contributed by atoms with Crippen LogP contribution in [0.1, 0.15) is 13.3 Å². The normalized spacial score (nSPS) is 31.0. The lowest BCUT2D eigenvalue weighted by Crippen LogP contribution is -2.49. The van der Waals surface area contributed by atoms with Gasteiger partial charge in [-0.25, -0.2) is 8.42 Å². The number of likely N-dealkylation sites (N-methyl/N-ethyl adjacent to an activating group) is 1. The van der Waals surface area contributed by atoms with E-state index in [4.69, 9.17) is 11.2 Å². The fourth-order valence-electron chi connectivity index (χ4n) is 2.98. The average Bonchev–Trinajstić information content (AvgIpc) is 3.02. The number of nitrogens with one attached hydrogen (secondary N) is 1. The van der Waals surface area contributed by atoms with Crippen LogP contribution in [0.3, 0.4) is 0 Å². The molecule has 0 aromatic rings. The summed E-state index contributed by atoms with van der Waals surface area (Å²) in [7, 11) is -3.05. The van der Waals surface area contributed by atoms with Crippen molar-refractivity contribution in [1.82, 2.24) is 10.2 Å². The van der Waals surface area contributed by atoms with Crippen molar-refractivity contribution in [3.8, 4) is 12.3 Å². The van der Waals surface area contributed by atoms with Crippen molar-refractivity contribution >= 4 is 15.7 Å². The van der Waals surface area contributed by atoms with Crippen LogP contribution in [0.25, 0.3) is 0 Å². The molecule has 21 heavy (non-hydrogen) atoms. The van der Waals surface area contributed by atoms with Crippen LogP contribution < -0.4 is 5.32 Å². The van der Waals surface area contributed by atoms with Crippen LogP contribution in [0.2, 0.25) is 0 Å². The maximum absolute atomic E-state index is 12.7. The maximum Gasteiger partial charge on any atom is 0.230 e. The Morgan fingerprint density at radius 2 is 2.24 bits per heavy atom. The smallest absolute Gasteiger partial charge is 0.230 e. The number of ether oxygens (including phenoxy) is 1. The zero-order valence-electron chi connectivity index (χ0n) is 12.2. The Hall–Kier alpha value is -1.10. The minimum absolute atomic E-state index is 0.0138. The van der Waals surface area contributed by atoms with Crippen molar-refractivity contribution in [3.05, 3.63) is 0 Å². The summed E-state index contributed by atoms with van der Waals surface area (Å²) >= 11 is 0. The molecule has 1 amide bonds. The lowest BCUT2D eigenvalue weighted by molar-refractivity contribution is -0.137. The van der Waals surface area contributed by atoms with Crippen LogP contribution in [0.15, 0.2) is 0 Å². The van der Waals surface area contributed by atoms with E-state index < -0.39 is 9.84 Å². The molecule has 3 atom stereocenters. The van der Waals surface area contributed by atoms with E-state index in [1.807, 2.05) is 6.92 Å². The second-order valence-electron chi connectivity index (χ2n) is 5.54. The van der Waals surface area contributed by atoms with Crippen LogP contribution in [-0.4, -0.2) is 69.1 Å². The van der Waals surface area contributed by atoms with Gasteiger partial charge in [-0.05, 0) is 13.0 Å². The minimum Gasteiger partial charge on any atom is -0.379 e. The molecule has 118 valence electrons. The molecule has 0 radical (unpaired) electrons. The largest absolute Gasteiger partial charge is 0.379 e.